The van der Waals surface area contributed by atoms with E-state index in [0.717, 1.165) is 5.70 Å². The van der Waals surface area contributed by atoms with E-state index in [0.29, 0.717) is 30.7 Å². The van der Waals surface area contributed by atoms with Crippen LogP contribution in [0.1, 0.15) is 12.8 Å². The van der Waals surface area contributed by atoms with Crippen molar-refractivity contribution in [2.24, 2.45) is 5.92 Å². The topological polar surface area (TPSA) is 62.1 Å². The molecule has 0 aromatic rings. The van der Waals surface area contributed by atoms with E-state index in [1.165, 1.54) is 7.11 Å². The number of hydrogen-bond acceptors (Lipinski definition) is 4. The van der Waals surface area contributed by atoms with Crippen molar-refractivity contribution in [1.29, 1.82) is 5.26 Å². The molecule has 78 valence electrons. The van der Waals surface area contributed by atoms with Gasteiger partial charge in [-0.2, -0.15) is 5.26 Å². The Hall–Kier alpha value is -1.76. The van der Waals surface area contributed by atoms with Crippen LogP contribution in [0, 0.1) is 17.2 Å². The van der Waals surface area contributed by atoms with Crippen molar-refractivity contribution in [2.45, 2.75) is 12.8 Å². The number of allylic oxidation sites excluding steroid dienone is 3. The average Bonchev–Trinajstić information content (AvgIpc) is 2.28. The van der Waals surface area contributed by atoms with Gasteiger partial charge in [0.25, 0.3) is 0 Å². The van der Waals surface area contributed by atoms with Gasteiger partial charge in [-0.15, -0.1) is 0 Å². The van der Waals surface area contributed by atoms with E-state index in [4.69, 9.17) is 10.00 Å². The average molecular weight is 204 g/mol. The van der Waals surface area contributed by atoms with Crippen molar-refractivity contribution in [3.05, 3.63) is 23.1 Å². The number of piperidine rings is 1. The number of nitrogens with zero attached hydrogens (tertiary/aromatic N) is 1. The predicted octanol–water partition coefficient (Wildman–Crippen LogP) is 0.877. The Bertz CT molecular complexity index is 401. The van der Waals surface area contributed by atoms with Crippen LogP contribution in [-0.2, 0) is 9.53 Å². The quantitative estimate of drug-likeness (QED) is 0.688. The van der Waals surface area contributed by atoms with Crippen LogP contribution >= 0.6 is 0 Å². The molecular weight excluding hydrogens is 192 g/mol. The van der Waals surface area contributed by atoms with Gasteiger partial charge in [0, 0.05) is 31.2 Å². The van der Waals surface area contributed by atoms with Crippen LogP contribution in [0.2, 0.25) is 0 Å². The molecule has 0 bridgehead atoms. The number of ether oxygens (including phenoxy) is 1. The molecule has 1 aliphatic heterocycles. The fourth-order valence-electron chi connectivity index (χ4n) is 1.99. The standard InChI is InChI=1S/C11H12N2O2/c1-15-11-5-9-8(4-7(11)6-12)10(14)2-3-13-9/h5,8,13H,2-4H2,1H3. The number of fused-ring (bicyclic) bond motifs is 1. The van der Waals surface area contributed by atoms with Crippen molar-refractivity contribution in [3.63, 3.8) is 0 Å². The first-order valence-electron chi connectivity index (χ1n) is 4.91. The zero-order valence-corrected chi connectivity index (χ0v) is 8.54. The molecule has 1 unspecified atom stereocenters. The van der Waals surface area contributed by atoms with Crippen molar-refractivity contribution >= 4 is 5.78 Å². The third kappa shape index (κ3) is 1.61. The lowest BCUT2D eigenvalue weighted by atomic mass is 9.84. The summed E-state index contributed by atoms with van der Waals surface area (Å²) >= 11 is 0. The summed E-state index contributed by atoms with van der Waals surface area (Å²) in [7, 11) is 1.54. The first-order chi connectivity index (χ1) is 7.26. The third-order valence-electron chi connectivity index (χ3n) is 2.81. The molecule has 0 aromatic carbocycles. The van der Waals surface area contributed by atoms with Gasteiger partial charge in [0.2, 0.25) is 0 Å². The van der Waals surface area contributed by atoms with Gasteiger partial charge in [0.05, 0.1) is 24.7 Å². The van der Waals surface area contributed by atoms with Crippen molar-refractivity contribution < 1.29 is 9.53 Å². The van der Waals surface area contributed by atoms with Gasteiger partial charge >= 0.3 is 0 Å². The number of nitriles is 1. The van der Waals surface area contributed by atoms with Gasteiger partial charge in [-0.05, 0) is 0 Å². The molecule has 0 spiro atoms. The Kier molecular flexibility index (Phi) is 2.46. The summed E-state index contributed by atoms with van der Waals surface area (Å²) in [5.74, 6) is 0.626. The number of rotatable bonds is 1. The summed E-state index contributed by atoms with van der Waals surface area (Å²) in [5, 5.41) is 12.1. The highest BCUT2D eigenvalue weighted by molar-refractivity contribution is 5.86. The first-order valence-corrected chi connectivity index (χ1v) is 4.91. The van der Waals surface area contributed by atoms with Crippen LogP contribution in [0.5, 0.6) is 0 Å². The number of carbonyl (C=O) groups is 1. The van der Waals surface area contributed by atoms with Crippen molar-refractivity contribution in [3.8, 4) is 6.07 Å². The number of ketones is 1. The van der Waals surface area contributed by atoms with E-state index in [1.54, 1.807) is 6.08 Å². The number of carbonyl (C=O) groups excluding carboxylic acids is 1. The Labute approximate surface area is 88.2 Å². The molecule has 1 fully saturated rings. The molecule has 1 saturated heterocycles. The van der Waals surface area contributed by atoms with Gasteiger partial charge in [0.15, 0.2) is 0 Å². The molecule has 15 heavy (non-hydrogen) atoms. The molecule has 0 saturated carbocycles. The minimum absolute atomic E-state index is 0.160. The fraction of sp³-hybridized carbons (Fsp3) is 0.455. The molecule has 4 heteroatoms. The monoisotopic (exact) mass is 204 g/mol. The highest BCUT2D eigenvalue weighted by Crippen LogP contribution is 2.31. The molecule has 2 rings (SSSR count). The Balaban J connectivity index is 2.35. The summed E-state index contributed by atoms with van der Waals surface area (Å²) in [6, 6.07) is 2.09. The minimum Gasteiger partial charge on any atom is -0.496 e. The van der Waals surface area contributed by atoms with Crippen molar-refractivity contribution in [2.75, 3.05) is 13.7 Å². The third-order valence-corrected chi connectivity index (χ3v) is 2.81. The molecule has 2 aliphatic rings. The van der Waals surface area contributed by atoms with Crippen LogP contribution in [0.3, 0.4) is 0 Å². The molecule has 0 radical (unpaired) electrons. The molecule has 1 heterocycles. The molecule has 1 aliphatic carbocycles. The van der Waals surface area contributed by atoms with Crippen LogP contribution in [0.15, 0.2) is 23.1 Å². The van der Waals surface area contributed by atoms with Gasteiger partial charge in [0.1, 0.15) is 11.5 Å². The molecule has 0 amide bonds. The molecule has 1 N–H and O–H groups in total. The summed E-state index contributed by atoms with van der Waals surface area (Å²) < 4.78 is 5.11. The van der Waals surface area contributed by atoms with E-state index in [9.17, 15) is 4.79 Å². The molecule has 4 nitrogen and oxygen atoms in total. The minimum atomic E-state index is -0.160. The normalized spacial score (nSPS) is 24.9. The predicted molar refractivity (Wildman–Crippen MR) is 53.5 cm³/mol. The van der Waals surface area contributed by atoms with E-state index in [2.05, 4.69) is 11.4 Å². The second-order valence-electron chi connectivity index (χ2n) is 3.66. The summed E-state index contributed by atoms with van der Waals surface area (Å²) in [4.78, 5) is 11.6. The van der Waals surface area contributed by atoms with Gasteiger partial charge in [-0.1, -0.05) is 0 Å². The lowest BCUT2D eigenvalue weighted by Gasteiger charge is -2.29. The Morgan fingerprint density at radius 3 is 3.13 bits per heavy atom. The number of Topliss-reactive ketones (excluding diaryl/α,β-unsaturated/α-hetero) is 1. The van der Waals surface area contributed by atoms with Gasteiger partial charge in [-0.3, -0.25) is 4.79 Å². The molecule has 0 aromatic heterocycles. The summed E-state index contributed by atoms with van der Waals surface area (Å²) in [5.41, 5.74) is 1.45. The van der Waals surface area contributed by atoms with E-state index in [-0.39, 0.29) is 11.7 Å². The van der Waals surface area contributed by atoms with E-state index < -0.39 is 0 Å². The largest absolute Gasteiger partial charge is 0.496 e. The SMILES string of the molecule is COC1=C(C#N)CC2C(=O)CCNC2=C1. The lowest BCUT2D eigenvalue weighted by Crippen LogP contribution is -2.36. The maximum Gasteiger partial charge on any atom is 0.143 e. The molecule has 1 atom stereocenters. The lowest BCUT2D eigenvalue weighted by molar-refractivity contribution is -0.122. The van der Waals surface area contributed by atoms with E-state index in [1.807, 2.05) is 0 Å². The number of hydrogen-bond donors (Lipinski definition) is 1. The highest BCUT2D eigenvalue weighted by atomic mass is 16.5. The zero-order valence-electron chi connectivity index (χ0n) is 8.54. The Morgan fingerprint density at radius 2 is 2.47 bits per heavy atom. The number of methoxy groups -OCH3 is 1. The van der Waals surface area contributed by atoms with Crippen LogP contribution in [-0.4, -0.2) is 19.4 Å². The summed E-state index contributed by atoms with van der Waals surface area (Å²) in [6.45, 7) is 0.681. The van der Waals surface area contributed by atoms with Crippen LogP contribution in [0.25, 0.3) is 0 Å². The maximum absolute atomic E-state index is 11.6. The maximum atomic E-state index is 11.6. The van der Waals surface area contributed by atoms with Crippen LogP contribution < -0.4 is 5.32 Å². The summed E-state index contributed by atoms with van der Waals surface area (Å²) in [6.07, 6.45) is 2.78. The Morgan fingerprint density at radius 1 is 1.67 bits per heavy atom. The van der Waals surface area contributed by atoms with Gasteiger partial charge in [-0.25, -0.2) is 0 Å². The van der Waals surface area contributed by atoms with Crippen LogP contribution in [0.4, 0.5) is 0 Å². The highest BCUT2D eigenvalue weighted by Gasteiger charge is 2.31. The van der Waals surface area contributed by atoms with Gasteiger partial charge < -0.3 is 10.1 Å². The smallest absolute Gasteiger partial charge is 0.143 e. The molecular formula is C11H12N2O2. The number of nitrogens with one attached hydrogen (secondary N) is 1. The first kappa shape index (κ1) is 9.78. The zero-order chi connectivity index (χ0) is 10.8. The fourth-order valence-corrected chi connectivity index (χ4v) is 1.99. The second kappa shape index (κ2) is 3.77. The van der Waals surface area contributed by atoms with Crippen molar-refractivity contribution in [1.82, 2.24) is 5.32 Å². The second-order valence-corrected chi connectivity index (χ2v) is 3.66. The van der Waals surface area contributed by atoms with E-state index >= 15 is 0 Å².